The molecule has 0 aliphatic carbocycles. The SMILES string of the molecule is Cc1cc(-c2ccc(N3CCN(CC(=O)NCCOCCOCCOCCNC(N)=O)CC3)cc2)ccc1CN(C=O)C(C(=O)Nc1nccs1)c1ccccc1. The first kappa shape index (κ1) is 42.7. The minimum absolute atomic E-state index is 0.0241. The summed E-state index contributed by atoms with van der Waals surface area (Å²) in [5.41, 5.74) is 10.9. The van der Waals surface area contributed by atoms with Crippen LogP contribution in [0.2, 0.25) is 0 Å². The third kappa shape index (κ3) is 13.9. The molecule has 1 aromatic heterocycles. The van der Waals surface area contributed by atoms with Gasteiger partial charge in [-0.25, -0.2) is 9.78 Å². The minimum atomic E-state index is -0.828. The molecule has 15 nitrogen and oxygen atoms in total. The van der Waals surface area contributed by atoms with Crippen LogP contribution in [0.25, 0.3) is 11.1 Å². The maximum atomic E-state index is 13.5. The largest absolute Gasteiger partial charge is 0.377 e. The first-order valence-corrected chi connectivity index (χ1v) is 19.9. The summed E-state index contributed by atoms with van der Waals surface area (Å²) in [6.45, 7) is 9.07. The maximum absolute atomic E-state index is 13.5. The Morgan fingerprint density at radius 1 is 0.860 bits per heavy atom. The fraction of sp³-hybridized carbons (Fsp3) is 0.390. The van der Waals surface area contributed by atoms with Crippen LogP contribution in [0.1, 0.15) is 22.7 Å². The number of benzene rings is 3. The van der Waals surface area contributed by atoms with E-state index in [4.69, 9.17) is 19.9 Å². The zero-order valence-electron chi connectivity index (χ0n) is 32.3. The summed E-state index contributed by atoms with van der Waals surface area (Å²) in [5, 5.41) is 10.5. The Morgan fingerprint density at radius 2 is 1.51 bits per heavy atom. The molecule has 1 saturated heterocycles. The molecule has 3 aromatic carbocycles. The zero-order valence-corrected chi connectivity index (χ0v) is 33.1. The van der Waals surface area contributed by atoms with Crippen LogP contribution in [0.15, 0.2) is 84.4 Å². The van der Waals surface area contributed by atoms with Crippen molar-refractivity contribution in [2.24, 2.45) is 5.73 Å². The number of nitrogens with one attached hydrogen (secondary N) is 3. The number of piperazine rings is 1. The van der Waals surface area contributed by atoms with Gasteiger partial charge >= 0.3 is 6.03 Å². The van der Waals surface area contributed by atoms with Crippen molar-refractivity contribution in [3.63, 3.8) is 0 Å². The fourth-order valence-electron chi connectivity index (χ4n) is 6.37. The van der Waals surface area contributed by atoms with Crippen molar-refractivity contribution in [1.29, 1.82) is 0 Å². The van der Waals surface area contributed by atoms with Gasteiger partial charge in [0.15, 0.2) is 5.13 Å². The second-order valence-corrected chi connectivity index (χ2v) is 14.2. The molecule has 304 valence electrons. The molecule has 16 heteroatoms. The normalized spacial score (nSPS) is 13.5. The molecular weight excluding hydrogens is 749 g/mol. The number of hydrogen-bond acceptors (Lipinski definition) is 11. The molecule has 1 aliphatic rings. The monoisotopic (exact) mass is 800 g/mol. The number of nitrogens with zero attached hydrogens (tertiary/aromatic N) is 4. The average Bonchev–Trinajstić information content (AvgIpc) is 3.73. The van der Waals surface area contributed by atoms with Gasteiger partial charge in [0, 0.05) is 63.1 Å². The highest BCUT2D eigenvalue weighted by molar-refractivity contribution is 7.13. The molecule has 0 saturated carbocycles. The third-order valence-electron chi connectivity index (χ3n) is 9.35. The van der Waals surface area contributed by atoms with Crippen LogP contribution >= 0.6 is 11.3 Å². The number of ether oxygens (including phenoxy) is 3. The standard InChI is InChI=1S/C41H52N8O7S/c1-31-27-34(7-8-35(31)28-49(30-50)38(33-5-3-2-4-6-33)39(52)46-41-45-15-26-57-41)32-9-11-36(12-10-32)48-18-16-47(17-19-48)29-37(51)43-13-20-54-22-24-56-25-23-55-21-14-44-40(42)53/h2-12,15,26-27,30,38H,13-14,16-25,28-29H2,1H3,(H,43,51)(H3,42,44,53)(H,45,46,52). The van der Waals surface area contributed by atoms with E-state index in [0.29, 0.717) is 70.0 Å². The molecule has 1 atom stereocenters. The van der Waals surface area contributed by atoms with Crippen LogP contribution in [0, 0.1) is 6.92 Å². The van der Waals surface area contributed by atoms with Gasteiger partial charge in [-0.3, -0.25) is 24.6 Å². The summed E-state index contributed by atoms with van der Waals surface area (Å²) in [6, 6.07) is 22.6. The van der Waals surface area contributed by atoms with Crippen LogP contribution in [0.4, 0.5) is 15.6 Å². The Balaban J connectivity index is 1.02. The van der Waals surface area contributed by atoms with Gasteiger partial charge in [-0.2, -0.15) is 0 Å². The quantitative estimate of drug-likeness (QED) is 0.0642. The zero-order chi connectivity index (χ0) is 40.2. The second kappa shape index (κ2) is 23.0. The van der Waals surface area contributed by atoms with Gasteiger partial charge in [-0.15, -0.1) is 11.3 Å². The lowest BCUT2D eigenvalue weighted by atomic mass is 9.98. The van der Waals surface area contributed by atoms with Crippen LogP contribution < -0.4 is 26.6 Å². The number of anilines is 2. The van der Waals surface area contributed by atoms with Crippen molar-refractivity contribution in [3.05, 3.63) is 101 Å². The molecule has 1 fully saturated rings. The highest BCUT2D eigenvalue weighted by Gasteiger charge is 2.28. The predicted octanol–water partition coefficient (Wildman–Crippen LogP) is 3.41. The Morgan fingerprint density at radius 3 is 2.12 bits per heavy atom. The third-order valence-corrected chi connectivity index (χ3v) is 10.0. The number of hydrogen-bond donors (Lipinski definition) is 4. The number of nitrogens with two attached hydrogens (primary N) is 1. The Labute approximate surface area is 337 Å². The van der Waals surface area contributed by atoms with Crippen LogP contribution in [0.5, 0.6) is 0 Å². The molecular formula is C41H52N8O7S. The molecule has 2 heterocycles. The van der Waals surface area contributed by atoms with E-state index in [2.05, 4.69) is 61.1 Å². The van der Waals surface area contributed by atoms with Gasteiger partial charge in [-0.05, 0) is 46.9 Å². The van der Waals surface area contributed by atoms with Crippen LogP contribution in [-0.2, 0) is 35.1 Å². The summed E-state index contributed by atoms with van der Waals surface area (Å²) >= 11 is 1.32. The predicted molar refractivity (Wildman–Crippen MR) is 220 cm³/mol. The summed E-state index contributed by atoms with van der Waals surface area (Å²) in [6.07, 6.45) is 2.36. The highest BCUT2D eigenvalue weighted by atomic mass is 32.1. The van der Waals surface area contributed by atoms with Crippen LogP contribution in [0.3, 0.4) is 0 Å². The number of urea groups is 1. The van der Waals surface area contributed by atoms with Crippen molar-refractivity contribution in [3.8, 4) is 11.1 Å². The minimum Gasteiger partial charge on any atom is -0.377 e. The molecule has 1 unspecified atom stereocenters. The van der Waals surface area contributed by atoms with Crippen molar-refractivity contribution in [1.82, 2.24) is 25.4 Å². The molecule has 5 rings (SSSR count). The summed E-state index contributed by atoms with van der Waals surface area (Å²) in [5.74, 6) is -0.348. The van der Waals surface area contributed by atoms with Crippen LogP contribution in [-0.4, -0.2) is 124 Å². The van der Waals surface area contributed by atoms with Gasteiger partial charge in [0.05, 0.1) is 46.2 Å². The molecule has 5 N–H and O–H groups in total. The Hall–Kier alpha value is -5.39. The number of aryl methyl sites for hydroxylation is 1. The van der Waals surface area contributed by atoms with E-state index in [-0.39, 0.29) is 18.4 Å². The lowest BCUT2D eigenvalue weighted by Gasteiger charge is -2.35. The van der Waals surface area contributed by atoms with Crippen molar-refractivity contribution in [2.75, 3.05) is 95.7 Å². The first-order valence-electron chi connectivity index (χ1n) is 19.0. The molecule has 4 aromatic rings. The van der Waals surface area contributed by atoms with Gasteiger partial charge in [0.25, 0.3) is 5.91 Å². The highest BCUT2D eigenvalue weighted by Crippen LogP contribution is 2.29. The second-order valence-electron chi connectivity index (χ2n) is 13.3. The summed E-state index contributed by atoms with van der Waals surface area (Å²) < 4.78 is 16.3. The number of thiazole rings is 1. The Kier molecular flexibility index (Phi) is 17.2. The number of amides is 5. The molecule has 57 heavy (non-hydrogen) atoms. The van der Waals surface area contributed by atoms with E-state index < -0.39 is 12.1 Å². The van der Waals surface area contributed by atoms with Gasteiger partial charge < -0.3 is 40.4 Å². The number of aromatic nitrogens is 1. The maximum Gasteiger partial charge on any atom is 0.312 e. The molecule has 0 bridgehead atoms. The number of carbonyl (C=O) groups is 4. The van der Waals surface area contributed by atoms with E-state index in [9.17, 15) is 19.2 Å². The van der Waals surface area contributed by atoms with E-state index >= 15 is 0 Å². The number of primary amides is 1. The molecule has 0 radical (unpaired) electrons. The lowest BCUT2D eigenvalue weighted by Crippen LogP contribution is -2.49. The molecule has 5 amide bonds. The first-order chi connectivity index (χ1) is 27.8. The lowest BCUT2D eigenvalue weighted by molar-refractivity contribution is -0.130. The van der Waals surface area contributed by atoms with E-state index in [1.165, 1.54) is 16.2 Å². The fourth-order valence-corrected chi connectivity index (χ4v) is 6.90. The topological polar surface area (TPSA) is 181 Å². The Bertz CT molecular complexity index is 1840. The smallest absolute Gasteiger partial charge is 0.312 e. The van der Waals surface area contributed by atoms with Crippen molar-refractivity contribution < 1.29 is 33.4 Å². The van der Waals surface area contributed by atoms with E-state index in [1.807, 2.05) is 49.4 Å². The molecule has 0 spiro atoms. The van der Waals surface area contributed by atoms with Crippen molar-refractivity contribution >= 4 is 46.4 Å². The van der Waals surface area contributed by atoms with Gasteiger partial charge in [0.2, 0.25) is 12.3 Å². The summed E-state index contributed by atoms with van der Waals surface area (Å²) in [7, 11) is 0. The number of rotatable bonds is 23. The van der Waals surface area contributed by atoms with E-state index in [1.54, 1.807) is 11.6 Å². The summed E-state index contributed by atoms with van der Waals surface area (Å²) in [4.78, 5) is 59.2. The average molecular weight is 801 g/mol. The van der Waals surface area contributed by atoms with Gasteiger partial charge in [0.1, 0.15) is 6.04 Å². The van der Waals surface area contributed by atoms with Gasteiger partial charge in [-0.1, -0.05) is 60.7 Å². The molecule has 1 aliphatic heterocycles. The van der Waals surface area contributed by atoms with Crippen molar-refractivity contribution in [2.45, 2.75) is 19.5 Å². The van der Waals surface area contributed by atoms with E-state index in [0.717, 1.165) is 60.5 Å². The number of carbonyl (C=O) groups excluding carboxylic acids is 4.